The molecular weight excluding hydrogens is 201 g/mol. The average molecular weight is 212 g/mol. The molecule has 0 atom stereocenters. The van der Waals surface area contributed by atoms with Crippen LogP contribution < -0.4 is 5.84 Å². The van der Waals surface area contributed by atoms with Gasteiger partial charge in [0.25, 0.3) is 0 Å². The fraction of sp³-hybridized carbons (Fsp3) is 0.714. The number of carbonyl (C=O) groups is 2. The minimum atomic E-state index is -5.10. The zero-order chi connectivity index (χ0) is 11.4. The van der Waals surface area contributed by atoms with E-state index in [2.05, 4.69) is 0 Å². The van der Waals surface area contributed by atoms with E-state index in [4.69, 9.17) is 5.84 Å². The Morgan fingerprint density at radius 1 is 1.36 bits per heavy atom. The van der Waals surface area contributed by atoms with Crippen molar-refractivity contribution < 1.29 is 22.8 Å². The number of carbonyl (C=O) groups excluding carboxylic acids is 2. The number of nitrogens with zero attached hydrogens (tertiary/aromatic N) is 1. The molecular formula is C7H11F3N2O2. The maximum Gasteiger partial charge on any atom is 0.473 e. The van der Waals surface area contributed by atoms with Crippen LogP contribution in [0.25, 0.3) is 0 Å². The highest BCUT2D eigenvalue weighted by Gasteiger charge is 2.43. The summed E-state index contributed by atoms with van der Waals surface area (Å²) in [6, 6.07) is 0. The molecule has 0 fully saturated rings. The molecule has 0 aromatic carbocycles. The largest absolute Gasteiger partial charge is 0.473 e. The average Bonchev–Trinajstić information content (AvgIpc) is 2.10. The maximum absolute atomic E-state index is 11.8. The Labute approximate surface area is 78.8 Å². The van der Waals surface area contributed by atoms with Crippen molar-refractivity contribution in [3.8, 4) is 0 Å². The Morgan fingerprint density at radius 3 is 2.21 bits per heavy atom. The highest BCUT2D eigenvalue weighted by Crippen LogP contribution is 2.17. The third kappa shape index (κ3) is 3.73. The van der Waals surface area contributed by atoms with Crippen molar-refractivity contribution >= 4 is 11.8 Å². The number of amides is 2. The summed E-state index contributed by atoms with van der Waals surface area (Å²) in [5.41, 5.74) is 0. The molecule has 0 aromatic rings. The fourth-order valence-electron chi connectivity index (χ4n) is 0.698. The van der Waals surface area contributed by atoms with Crippen LogP contribution in [-0.2, 0) is 9.59 Å². The van der Waals surface area contributed by atoms with Crippen molar-refractivity contribution in [2.45, 2.75) is 32.4 Å². The molecule has 0 aromatic heterocycles. The molecule has 0 unspecified atom stereocenters. The molecule has 0 rings (SSSR count). The number of imide groups is 1. The molecule has 2 amide bonds. The van der Waals surface area contributed by atoms with E-state index in [-0.39, 0.29) is 11.4 Å². The molecule has 14 heavy (non-hydrogen) atoms. The number of hydrogen-bond donors (Lipinski definition) is 1. The summed E-state index contributed by atoms with van der Waals surface area (Å²) in [6.45, 7) is 1.76. The van der Waals surface area contributed by atoms with Crippen molar-refractivity contribution in [2.24, 2.45) is 5.84 Å². The van der Waals surface area contributed by atoms with Crippen LogP contribution in [0.3, 0.4) is 0 Å². The second kappa shape index (κ2) is 4.94. The molecule has 7 heteroatoms. The second-order valence-corrected chi connectivity index (χ2v) is 2.67. The van der Waals surface area contributed by atoms with Crippen LogP contribution in [0, 0.1) is 0 Å². The van der Waals surface area contributed by atoms with Gasteiger partial charge in [-0.15, -0.1) is 0 Å². The lowest BCUT2D eigenvalue weighted by atomic mass is 10.2. The Hall–Kier alpha value is -1.11. The zero-order valence-corrected chi connectivity index (χ0v) is 7.60. The summed E-state index contributed by atoms with van der Waals surface area (Å²) in [7, 11) is 0. The Bertz CT molecular complexity index is 227. The van der Waals surface area contributed by atoms with E-state index in [1.807, 2.05) is 0 Å². The van der Waals surface area contributed by atoms with Crippen LogP contribution in [0.4, 0.5) is 13.2 Å². The Morgan fingerprint density at radius 2 is 1.86 bits per heavy atom. The second-order valence-electron chi connectivity index (χ2n) is 2.67. The molecule has 0 aliphatic rings. The number of rotatable bonds is 3. The first-order valence-electron chi connectivity index (χ1n) is 3.99. The molecule has 4 nitrogen and oxygen atoms in total. The fourth-order valence-corrected chi connectivity index (χ4v) is 0.698. The molecule has 0 saturated heterocycles. The first kappa shape index (κ1) is 12.9. The molecule has 0 bridgehead atoms. The van der Waals surface area contributed by atoms with Gasteiger partial charge in [0.2, 0.25) is 5.91 Å². The SMILES string of the molecule is CCCCC(=O)N(N)C(=O)C(F)(F)F. The third-order valence-electron chi connectivity index (χ3n) is 1.47. The van der Waals surface area contributed by atoms with Gasteiger partial charge in [0.15, 0.2) is 0 Å². The Balaban J connectivity index is 4.26. The van der Waals surface area contributed by atoms with E-state index in [1.54, 1.807) is 6.92 Å². The molecule has 0 aliphatic carbocycles. The molecule has 0 spiro atoms. The molecule has 82 valence electrons. The van der Waals surface area contributed by atoms with Crippen LogP contribution in [0.5, 0.6) is 0 Å². The van der Waals surface area contributed by atoms with Crippen molar-refractivity contribution in [2.75, 3.05) is 0 Å². The van der Waals surface area contributed by atoms with Crippen molar-refractivity contribution in [1.29, 1.82) is 0 Å². The van der Waals surface area contributed by atoms with Crippen LogP contribution in [0.1, 0.15) is 26.2 Å². The lowest BCUT2D eigenvalue weighted by molar-refractivity contribution is -0.188. The van der Waals surface area contributed by atoms with Crippen LogP contribution in [0.15, 0.2) is 0 Å². The summed E-state index contributed by atoms with van der Waals surface area (Å²) < 4.78 is 35.3. The summed E-state index contributed by atoms with van der Waals surface area (Å²) in [4.78, 5) is 21.3. The van der Waals surface area contributed by atoms with Gasteiger partial charge in [0, 0.05) is 6.42 Å². The highest BCUT2D eigenvalue weighted by atomic mass is 19.4. The van der Waals surface area contributed by atoms with Gasteiger partial charge in [-0.05, 0) is 6.42 Å². The molecule has 0 saturated carbocycles. The maximum atomic E-state index is 11.8. The minimum absolute atomic E-state index is 0.158. The number of hydrazine groups is 1. The van der Waals surface area contributed by atoms with Gasteiger partial charge < -0.3 is 0 Å². The van der Waals surface area contributed by atoms with Crippen molar-refractivity contribution in [3.05, 3.63) is 0 Å². The van der Waals surface area contributed by atoms with Crippen molar-refractivity contribution in [3.63, 3.8) is 0 Å². The first-order chi connectivity index (χ1) is 6.30. The lowest BCUT2D eigenvalue weighted by Gasteiger charge is -2.15. The first-order valence-corrected chi connectivity index (χ1v) is 3.99. The number of nitrogens with two attached hydrogens (primary N) is 1. The predicted molar refractivity (Wildman–Crippen MR) is 41.6 cm³/mol. The number of alkyl halides is 3. The van der Waals surface area contributed by atoms with Crippen molar-refractivity contribution in [1.82, 2.24) is 5.01 Å². The predicted octanol–water partition coefficient (Wildman–Crippen LogP) is 0.968. The van der Waals surface area contributed by atoms with E-state index in [9.17, 15) is 22.8 Å². The summed E-state index contributed by atoms with van der Waals surface area (Å²) in [5, 5.41) is -0.379. The molecule has 0 radical (unpaired) electrons. The van der Waals surface area contributed by atoms with Gasteiger partial charge in [0.1, 0.15) is 0 Å². The van der Waals surface area contributed by atoms with Gasteiger partial charge in [-0.25, -0.2) is 10.9 Å². The normalized spacial score (nSPS) is 11.2. The van der Waals surface area contributed by atoms with E-state index < -0.39 is 18.0 Å². The zero-order valence-electron chi connectivity index (χ0n) is 7.60. The van der Waals surface area contributed by atoms with Gasteiger partial charge in [-0.2, -0.15) is 13.2 Å². The van der Waals surface area contributed by atoms with Gasteiger partial charge in [-0.3, -0.25) is 9.59 Å². The van der Waals surface area contributed by atoms with Gasteiger partial charge in [-0.1, -0.05) is 13.3 Å². The summed E-state index contributed by atoms with van der Waals surface area (Å²) in [6.07, 6.45) is -4.22. The van der Waals surface area contributed by atoms with Gasteiger partial charge >= 0.3 is 12.1 Å². The minimum Gasteiger partial charge on any atom is -0.273 e. The van der Waals surface area contributed by atoms with Crippen LogP contribution in [-0.4, -0.2) is 23.0 Å². The third-order valence-corrected chi connectivity index (χ3v) is 1.47. The van der Waals surface area contributed by atoms with E-state index in [0.29, 0.717) is 12.8 Å². The lowest BCUT2D eigenvalue weighted by Crippen LogP contribution is -2.49. The standard InChI is InChI=1S/C7H11F3N2O2/c1-2-3-4-5(13)12(11)6(14)7(8,9)10/h2-4,11H2,1H3. The van der Waals surface area contributed by atoms with E-state index in [0.717, 1.165) is 0 Å². The van der Waals surface area contributed by atoms with Crippen LogP contribution in [0.2, 0.25) is 0 Å². The van der Waals surface area contributed by atoms with Gasteiger partial charge in [0.05, 0.1) is 0 Å². The summed E-state index contributed by atoms with van der Waals surface area (Å²) in [5.74, 6) is 1.35. The quantitative estimate of drug-likeness (QED) is 0.430. The number of halogens is 3. The smallest absolute Gasteiger partial charge is 0.273 e. The highest BCUT2D eigenvalue weighted by molar-refractivity contribution is 5.97. The Kier molecular flexibility index (Phi) is 4.55. The number of unbranched alkanes of at least 4 members (excludes halogenated alkanes) is 1. The molecule has 0 heterocycles. The van der Waals surface area contributed by atoms with E-state index >= 15 is 0 Å². The number of hydrogen-bond acceptors (Lipinski definition) is 3. The molecule has 2 N–H and O–H groups in total. The monoisotopic (exact) mass is 212 g/mol. The molecule has 0 aliphatic heterocycles. The van der Waals surface area contributed by atoms with Crippen LogP contribution >= 0.6 is 0 Å². The summed E-state index contributed by atoms with van der Waals surface area (Å²) >= 11 is 0. The van der Waals surface area contributed by atoms with E-state index in [1.165, 1.54) is 0 Å². The topological polar surface area (TPSA) is 63.4 Å².